The molecule has 2 aliphatic rings. The molecule has 132 valence electrons. The van der Waals surface area contributed by atoms with E-state index in [1.807, 2.05) is 9.80 Å². The number of piperazine rings is 2. The Labute approximate surface area is 142 Å². The first-order chi connectivity index (χ1) is 11.5. The average molecular weight is 334 g/mol. The first kappa shape index (κ1) is 16.9. The van der Waals surface area contributed by atoms with Crippen molar-refractivity contribution < 1.29 is 9.59 Å². The quantitative estimate of drug-likeness (QED) is 0.708. The molecule has 2 fully saturated rings. The molecule has 8 heteroatoms. The number of carbonyl (C=O) groups is 2. The highest BCUT2D eigenvalue weighted by Crippen LogP contribution is 2.12. The zero-order chi connectivity index (χ0) is 17.3. The van der Waals surface area contributed by atoms with Gasteiger partial charge in [0.1, 0.15) is 5.69 Å². The molecule has 3 rings (SSSR count). The molecule has 0 aliphatic carbocycles. The molecule has 1 aromatic heterocycles. The van der Waals surface area contributed by atoms with Crippen LogP contribution in [-0.2, 0) is 7.05 Å². The maximum atomic E-state index is 12.7. The molecule has 0 bridgehead atoms. The van der Waals surface area contributed by atoms with Crippen molar-refractivity contribution in [3.05, 3.63) is 17.5 Å². The van der Waals surface area contributed by atoms with Crippen LogP contribution in [0, 0.1) is 0 Å². The van der Waals surface area contributed by atoms with Crippen molar-refractivity contribution in [1.82, 2.24) is 29.4 Å². The SMILES string of the molecule is CN1CCN(C(=O)c2cc(C(=O)N3CCN(C)CC3)n(C)n2)CC1. The van der Waals surface area contributed by atoms with E-state index in [1.165, 1.54) is 4.68 Å². The van der Waals surface area contributed by atoms with E-state index in [1.54, 1.807) is 13.1 Å². The van der Waals surface area contributed by atoms with E-state index in [0.29, 0.717) is 37.6 Å². The number of carbonyl (C=O) groups excluding carboxylic acids is 2. The maximum absolute atomic E-state index is 12.7. The Hall–Kier alpha value is -1.93. The Morgan fingerprint density at radius 2 is 1.25 bits per heavy atom. The standard InChI is InChI=1S/C16H26N6O2/c1-18-4-8-21(9-5-18)15(23)13-12-14(20(3)17-13)16(24)22-10-6-19(2)7-11-22/h12H,4-11H2,1-3H3. The van der Waals surface area contributed by atoms with Crippen molar-refractivity contribution in [2.45, 2.75) is 0 Å². The summed E-state index contributed by atoms with van der Waals surface area (Å²) in [6.45, 7) is 6.30. The molecular weight excluding hydrogens is 308 g/mol. The van der Waals surface area contributed by atoms with Gasteiger partial charge in [0.15, 0.2) is 5.69 Å². The van der Waals surface area contributed by atoms with Gasteiger partial charge >= 0.3 is 0 Å². The zero-order valence-electron chi connectivity index (χ0n) is 14.7. The summed E-state index contributed by atoms with van der Waals surface area (Å²) >= 11 is 0. The summed E-state index contributed by atoms with van der Waals surface area (Å²) in [5.41, 5.74) is 0.844. The fourth-order valence-corrected chi connectivity index (χ4v) is 3.11. The van der Waals surface area contributed by atoms with Crippen molar-refractivity contribution in [3.63, 3.8) is 0 Å². The predicted molar refractivity (Wildman–Crippen MR) is 90.0 cm³/mol. The van der Waals surface area contributed by atoms with Crippen LogP contribution in [-0.4, -0.2) is 108 Å². The van der Waals surface area contributed by atoms with Gasteiger partial charge in [-0.2, -0.15) is 5.10 Å². The van der Waals surface area contributed by atoms with Gasteiger partial charge in [0, 0.05) is 65.5 Å². The van der Waals surface area contributed by atoms with Crippen LogP contribution in [0.4, 0.5) is 0 Å². The van der Waals surface area contributed by atoms with Crippen LogP contribution in [0.2, 0.25) is 0 Å². The molecule has 0 aromatic carbocycles. The molecule has 3 heterocycles. The highest BCUT2D eigenvalue weighted by Gasteiger charge is 2.27. The van der Waals surface area contributed by atoms with Crippen molar-refractivity contribution in [2.24, 2.45) is 7.05 Å². The van der Waals surface area contributed by atoms with Crippen molar-refractivity contribution in [2.75, 3.05) is 66.5 Å². The second kappa shape index (κ2) is 6.90. The van der Waals surface area contributed by atoms with E-state index in [-0.39, 0.29) is 11.8 Å². The molecule has 0 atom stereocenters. The van der Waals surface area contributed by atoms with Gasteiger partial charge in [-0.3, -0.25) is 14.3 Å². The summed E-state index contributed by atoms with van der Waals surface area (Å²) in [4.78, 5) is 33.4. The Kier molecular flexibility index (Phi) is 4.86. The topological polar surface area (TPSA) is 64.9 Å². The minimum absolute atomic E-state index is 0.0458. The molecule has 2 saturated heterocycles. The second-order valence-electron chi connectivity index (χ2n) is 6.73. The number of aromatic nitrogens is 2. The van der Waals surface area contributed by atoms with Crippen LogP contribution in [0.15, 0.2) is 6.07 Å². The summed E-state index contributed by atoms with van der Waals surface area (Å²) in [5.74, 6) is -0.133. The van der Waals surface area contributed by atoms with Crippen LogP contribution < -0.4 is 0 Å². The van der Waals surface area contributed by atoms with Gasteiger partial charge < -0.3 is 19.6 Å². The molecule has 24 heavy (non-hydrogen) atoms. The number of rotatable bonds is 2. The third-order valence-corrected chi connectivity index (χ3v) is 4.90. The Balaban J connectivity index is 1.70. The molecule has 2 aliphatic heterocycles. The van der Waals surface area contributed by atoms with Crippen LogP contribution in [0.1, 0.15) is 21.0 Å². The Morgan fingerprint density at radius 1 is 0.792 bits per heavy atom. The minimum atomic E-state index is -0.0869. The highest BCUT2D eigenvalue weighted by molar-refractivity contribution is 5.98. The van der Waals surface area contributed by atoms with Crippen LogP contribution in [0.25, 0.3) is 0 Å². The molecule has 0 unspecified atom stereocenters. The van der Waals surface area contributed by atoms with Gasteiger partial charge in [-0.1, -0.05) is 0 Å². The Morgan fingerprint density at radius 3 is 1.75 bits per heavy atom. The zero-order valence-corrected chi connectivity index (χ0v) is 14.7. The third kappa shape index (κ3) is 3.44. The van der Waals surface area contributed by atoms with Crippen LogP contribution >= 0.6 is 0 Å². The molecule has 1 aromatic rings. The molecule has 0 spiro atoms. The molecule has 0 radical (unpaired) electrons. The first-order valence-electron chi connectivity index (χ1n) is 8.45. The average Bonchev–Trinajstić information content (AvgIpc) is 2.97. The lowest BCUT2D eigenvalue weighted by Crippen LogP contribution is -2.47. The summed E-state index contributed by atoms with van der Waals surface area (Å²) in [7, 11) is 5.83. The second-order valence-corrected chi connectivity index (χ2v) is 6.73. The predicted octanol–water partition coefficient (Wildman–Crippen LogP) is -0.805. The summed E-state index contributed by atoms with van der Waals surface area (Å²) in [6, 6.07) is 1.64. The minimum Gasteiger partial charge on any atom is -0.335 e. The normalized spacial score (nSPS) is 20.5. The summed E-state index contributed by atoms with van der Waals surface area (Å²) in [6.07, 6.45) is 0. The van der Waals surface area contributed by atoms with Gasteiger partial charge in [0.2, 0.25) is 0 Å². The molecule has 2 amide bonds. The number of amides is 2. The number of aryl methyl sites for hydroxylation is 1. The summed E-state index contributed by atoms with van der Waals surface area (Å²) in [5, 5.41) is 4.29. The van der Waals surface area contributed by atoms with Crippen LogP contribution in [0.5, 0.6) is 0 Å². The van der Waals surface area contributed by atoms with Crippen molar-refractivity contribution in [1.29, 1.82) is 0 Å². The van der Waals surface area contributed by atoms with E-state index in [2.05, 4.69) is 29.0 Å². The number of likely N-dealkylation sites (N-methyl/N-ethyl adjacent to an activating group) is 2. The lowest BCUT2D eigenvalue weighted by molar-refractivity contribution is 0.0649. The van der Waals surface area contributed by atoms with E-state index in [0.717, 1.165) is 26.2 Å². The molecule has 0 N–H and O–H groups in total. The fraction of sp³-hybridized carbons (Fsp3) is 0.688. The maximum Gasteiger partial charge on any atom is 0.274 e. The van der Waals surface area contributed by atoms with Crippen molar-refractivity contribution >= 4 is 11.8 Å². The van der Waals surface area contributed by atoms with E-state index in [9.17, 15) is 9.59 Å². The van der Waals surface area contributed by atoms with E-state index < -0.39 is 0 Å². The Bertz CT molecular complexity index is 612. The lowest BCUT2D eigenvalue weighted by atomic mass is 10.2. The van der Waals surface area contributed by atoms with E-state index >= 15 is 0 Å². The monoisotopic (exact) mass is 334 g/mol. The number of nitrogens with zero attached hydrogens (tertiary/aromatic N) is 6. The number of hydrogen-bond donors (Lipinski definition) is 0. The highest BCUT2D eigenvalue weighted by atomic mass is 16.2. The summed E-state index contributed by atoms with van der Waals surface area (Å²) < 4.78 is 1.53. The first-order valence-corrected chi connectivity index (χ1v) is 8.45. The third-order valence-electron chi connectivity index (χ3n) is 4.90. The smallest absolute Gasteiger partial charge is 0.274 e. The molecule has 8 nitrogen and oxygen atoms in total. The lowest BCUT2D eigenvalue weighted by Gasteiger charge is -2.32. The fourth-order valence-electron chi connectivity index (χ4n) is 3.11. The van der Waals surface area contributed by atoms with Gasteiger partial charge in [0.25, 0.3) is 11.8 Å². The van der Waals surface area contributed by atoms with Crippen LogP contribution in [0.3, 0.4) is 0 Å². The van der Waals surface area contributed by atoms with Gasteiger partial charge in [-0.15, -0.1) is 0 Å². The van der Waals surface area contributed by atoms with Gasteiger partial charge in [0.05, 0.1) is 0 Å². The van der Waals surface area contributed by atoms with Gasteiger partial charge in [-0.05, 0) is 14.1 Å². The van der Waals surface area contributed by atoms with Crippen molar-refractivity contribution in [3.8, 4) is 0 Å². The van der Waals surface area contributed by atoms with E-state index in [4.69, 9.17) is 0 Å². The largest absolute Gasteiger partial charge is 0.335 e. The van der Waals surface area contributed by atoms with Gasteiger partial charge in [-0.25, -0.2) is 0 Å². The molecular formula is C16H26N6O2. The molecule has 0 saturated carbocycles. The number of hydrogen-bond acceptors (Lipinski definition) is 5.